The number of amides is 2. The number of nitrogens with zero attached hydrogens (tertiary/aromatic N) is 1. The fraction of sp³-hybridized carbons (Fsp3) is 0.633. The molecule has 1 aromatic carbocycles. The van der Waals surface area contributed by atoms with Crippen LogP contribution in [0.15, 0.2) is 18.2 Å². The van der Waals surface area contributed by atoms with Gasteiger partial charge in [0.1, 0.15) is 29.2 Å². The zero-order valence-corrected chi connectivity index (χ0v) is 25.3. The molecule has 3 aliphatic rings. The monoisotopic (exact) mass is 591 g/mol. The van der Waals surface area contributed by atoms with Gasteiger partial charge in [-0.3, -0.25) is 19.9 Å². The number of nitrogens with one attached hydrogen (secondary N) is 2. The molecule has 0 radical (unpaired) electrons. The van der Waals surface area contributed by atoms with Gasteiger partial charge in [0.05, 0.1) is 31.5 Å². The standard InChI is InChI=1S/C30H42ClN3O7/c1-29(2,3)26(32-25(35)12-18-10-8-6-7-9-11-18)27(36)34-17-30(16-22(34)28(37)38)15-21(33-41-30)19-13-20(31)24(40-5)14-23(19)39-4/h13-15,18,22,26,33H,6-12,16-17H2,1-5H3,(H,32,35)(H,37,38)/t22-,26+,30+/m0/s1. The average Bonchev–Trinajstić information content (AvgIpc) is 3.41. The van der Waals surface area contributed by atoms with Crippen LogP contribution in [-0.2, 0) is 19.2 Å². The lowest BCUT2D eigenvalue weighted by atomic mass is 9.85. The van der Waals surface area contributed by atoms with Crippen molar-refractivity contribution < 1.29 is 33.8 Å². The Kier molecular flexibility index (Phi) is 9.43. The van der Waals surface area contributed by atoms with Crippen molar-refractivity contribution in [2.24, 2.45) is 11.3 Å². The fourth-order valence-corrected chi connectivity index (χ4v) is 6.32. The number of hydroxylamine groups is 1. The minimum atomic E-state index is -1.14. The molecular formula is C30H42ClN3O7. The normalized spacial score (nSPS) is 23.9. The highest BCUT2D eigenvalue weighted by Gasteiger charge is 2.53. The fourth-order valence-electron chi connectivity index (χ4n) is 6.08. The van der Waals surface area contributed by atoms with E-state index in [0.717, 1.165) is 25.7 Å². The minimum absolute atomic E-state index is 0.00340. The van der Waals surface area contributed by atoms with Crippen molar-refractivity contribution in [3.05, 3.63) is 28.8 Å². The quantitative estimate of drug-likeness (QED) is 0.376. The Morgan fingerprint density at radius 2 is 1.80 bits per heavy atom. The van der Waals surface area contributed by atoms with E-state index in [-0.39, 0.29) is 18.9 Å². The summed E-state index contributed by atoms with van der Waals surface area (Å²) < 4.78 is 10.8. The Bertz CT molecular complexity index is 1190. The SMILES string of the molecule is COc1cc(OC)c(C2=C[C@]3(C[C@@H](C(=O)O)N(C(=O)[C@@H](NC(=O)CC4CCCCCC4)C(C)(C)C)C3)ON2)cc1Cl. The van der Waals surface area contributed by atoms with E-state index in [2.05, 4.69) is 10.8 Å². The number of carboxylic acid groups (broad SMARTS) is 1. The van der Waals surface area contributed by atoms with Gasteiger partial charge in [0.25, 0.3) is 0 Å². The van der Waals surface area contributed by atoms with Gasteiger partial charge in [0, 0.05) is 24.5 Å². The molecule has 3 atom stereocenters. The highest BCUT2D eigenvalue weighted by Crippen LogP contribution is 2.42. The largest absolute Gasteiger partial charge is 0.496 e. The van der Waals surface area contributed by atoms with Gasteiger partial charge in [-0.2, -0.15) is 0 Å². The van der Waals surface area contributed by atoms with Crippen molar-refractivity contribution in [3.8, 4) is 11.5 Å². The zero-order chi connectivity index (χ0) is 29.9. The number of carbonyl (C=O) groups excluding carboxylic acids is 2. The van der Waals surface area contributed by atoms with Crippen molar-refractivity contribution in [1.82, 2.24) is 15.7 Å². The zero-order valence-electron chi connectivity index (χ0n) is 24.5. The van der Waals surface area contributed by atoms with E-state index in [9.17, 15) is 19.5 Å². The van der Waals surface area contributed by atoms with Crippen LogP contribution in [-0.4, -0.2) is 66.2 Å². The van der Waals surface area contributed by atoms with Crippen LogP contribution in [0.3, 0.4) is 0 Å². The van der Waals surface area contributed by atoms with Crippen LogP contribution in [0.1, 0.15) is 77.7 Å². The first kappa shape index (κ1) is 31.0. The molecule has 4 rings (SSSR count). The smallest absolute Gasteiger partial charge is 0.326 e. The number of halogens is 1. The Hall–Kier alpha value is -2.98. The summed E-state index contributed by atoms with van der Waals surface area (Å²) in [4.78, 5) is 46.8. The van der Waals surface area contributed by atoms with Crippen LogP contribution in [0, 0.1) is 11.3 Å². The number of rotatable bonds is 8. The molecule has 226 valence electrons. The molecule has 11 heteroatoms. The summed E-state index contributed by atoms with van der Waals surface area (Å²) in [5, 5.41) is 13.5. The van der Waals surface area contributed by atoms with E-state index < -0.39 is 35.0 Å². The lowest BCUT2D eigenvalue weighted by Crippen LogP contribution is -2.57. The average molecular weight is 592 g/mol. The maximum atomic E-state index is 14.0. The molecule has 2 fully saturated rings. The van der Waals surface area contributed by atoms with Crippen LogP contribution in [0.5, 0.6) is 11.5 Å². The number of hydrogen-bond acceptors (Lipinski definition) is 7. The Morgan fingerprint density at radius 1 is 1.15 bits per heavy atom. The summed E-state index contributed by atoms with van der Waals surface area (Å²) in [5.74, 6) is -0.514. The first-order chi connectivity index (χ1) is 19.4. The van der Waals surface area contributed by atoms with Gasteiger partial charge in [-0.15, -0.1) is 0 Å². The second-order valence-corrected chi connectivity index (χ2v) is 12.9. The number of likely N-dealkylation sites (tertiary alicyclic amines) is 1. The topological polar surface area (TPSA) is 126 Å². The lowest BCUT2D eigenvalue weighted by Gasteiger charge is -2.35. The number of aliphatic carboxylic acids is 1. The number of carboxylic acids is 1. The molecular weight excluding hydrogens is 550 g/mol. The summed E-state index contributed by atoms with van der Waals surface area (Å²) in [7, 11) is 3.03. The van der Waals surface area contributed by atoms with Gasteiger partial charge in [-0.25, -0.2) is 4.79 Å². The molecule has 0 bridgehead atoms. The predicted molar refractivity (Wildman–Crippen MR) is 154 cm³/mol. The van der Waals surface area contributed by atoms with E-state index in [1.54, 1.807) is 18.2 Å². The molecule has 1 aromatic rings. The number of ether oxygens (including phenoxy) is 2. The van der Waals surface area contributed by atoms with Crippen LogP contribution in [0.25, 0.3) is 5.70 Å². The summed E-state index contributed by atoms with van der Waals surface area (Å²) in [6.45, 7) is 5.61. The third kappa shape index (κ3) is 6.92. The van der Waals surface area contributed by atoms with E-state index >= 15 is 0 Å². The van der Waals surface area contributed by atoms with E-state index in [1.807, 2.05) is 20.8 Å². The Balaban J connectivity index is 1.56. The summed E-state index contributed by atoms with van der Waals surface area (Å²) in [6.07, 6.45) is 8.83. The van der Waals surface area contributed by atoms with Gasteiger partial charge < -0.3 is 24.8 Å². The highest BCUT2D eigenvalue weighted by molar-refractivity contribution is 6.32. The van der Waals surface area contributed by atoms with E-state index in [1.165, 1.54) is 32.0 Å². The van der Waals surface area contributed by atoms with Crippen molar-refractivity contribution in [1.29, 1.82) is 0 Å². The molecule has 2 aliphatic heterocycles. The molecule has 10 nitrogen and oxygen atoms in total. The molecule has 1 saturated heterocycles. The van der Waals surface area contributed by atoms with Crippen molar-refractivity contribution in [2.45, 2.75) is 89.8 Å². The molecule has 1 saturated carbocycles. The number of benzene rings is 1. The summed E-state index contributed by atoms with van der Waals surface area (Å²) in [6, 6.07) is 1.30. The van der Waals surface area contributed by atoms with Crippen molar-refractivity contribution >= 4 is 35.1 Å². The summed E-state index contributed by atoms with van der Waals surface area (Å²) in [5.41, 5.74) is 2.29. The summed E-state index contributed by atoms with van der Waals surface area (Å²) >= 11 is 6.36. The predicted octanol–water partition coefficient (Wildman–Crippen LogP) is 4.55. The van der Waals surface area contributed by atoms with Crippen molar-refractivity contribution in [3.63, 3.8) is 0 Å². The minimum Gasteiger partial charge on any atom is -0.496 e. The third-order valence-electron chi connectivity index (χ3n) is 8.32. The molecule has 3 N–H and O–H groups in total. The van der Waals surface area contributed by atoms with Crippen LogP contribution in [0.2, 0.25) is 5.02 Å². The van der Waals surface area contributed by atoms with Gasteiger partial charge in [0.2, 0.25) is 11.8 Å². The Morgan fingerprint density at radius 3 is 2.39 bits per heavy atom. The van der Waals surface area contributed by atoms with E-state index in [4.69, 9.17) is 25.9 Å². The maximum absolute atomic E-state index is 14.0. The molecule has 2 amide bonds. The highest BCUT2D eigenvalue weighted by atomic mass is 35.5. The Labute approximate surface area is 246 Å². The molecule has 1 aliphatic carbocycles. The number of hydrogen-bond donors (Lipinski definition) is 3. The second kappa shape index (κ2) is 12.5. The van der Waals surface area contributed by atoms with E-state index in [0.29, 0.717) is 40.1 Å². The first-order valence-electron chi connectivity index (χ1n) is 14.3. The van der Waals surface area contributed by atoms with Crippen LogP contribution < -0.4 is 20.3 Å². The second-order valence-electron chi connectivity index (χ2n) is 12.5. The van der Waals surface area contributed by atoms with Gasteiger partial charge in [-0.05, 0) is 36.3 Å². The van der Waals surface area contributed by atoms with Gasteiger partial charge in [0.15, 0.2) is 0 Å². The first-order valence-corrected chi connectivity index (χ1v) is 14.7. The van der Waals surface area contributed by atoms with Gasteiger partial charge in [-0.1, -0.05) is 58.1 Å². The van der Waals surface area contributed by atoms with Crippen molar-refractivity contribution in [2.75, 3.05) is 20.8 Å². The van der Waals surface area contributed by atoms with Crippen LogP contribution >= 0.6 is 11.6 Å². The number of carbonyl (C=O) groups is 3. The lowest BCUT2D eigenvalue weighted by molar-refractivity contribution is -0.150. The third-order valence-corrected chi connectivity index (χ3v) is 8.62. The number of methoxy groups -OCH3 is 2. The molecule has 1 spiro atoms. The van der Waals surface area contributed by atoms with Gasteiger partial charge >= 0.3 is 5.97 Å². The molecule has 0 unspecified atom stereocenters. The van der Waals surface area contributed by atoms with Crippen LogP contribution in [0.4, 0.5) is 0 Å². The molecule has 41 heavy (non-hydrogen) atoms. The molecule has 0 aromatic heterocycles. The maximum Gasteiger partial charge on any atom is 0.326 e. The molecule has 2 heterocycles.